The zero-order chi connectivity index (χ0) is 13.5. The first-order chi connectivity index (χ1) is 8.49. The number of nitrogens with one attached hydrogen (secondary N) is 1. The average molecular weight is 312 g/mol. The summed E-state index contributed by atoms with van der Waals surface area (Å²) in [6.07, 6.45) is 3.40. The monoisotopic (exact) mass is 311 g/mol. The van der Waals surface area contributed by atoms with Gasteiger partial charge in [0.05, 0.1) is 6.10 Å². The van der Waals surface area contributed by atoms with Crippen molar-refractivity contribution in [1.29, 1.82) is 0 Å². The molecule has 2 atom stereocenters. The Morgan fingerprint density at radius 2 is 2.11 bits per heavy atom. The van der Waals surface area contributed by atoms with Crippen LogP contribution in [0.15, 0.2) is 34.8 Å². The third kappa shape index (κ3) is 5.47. The molecule has 98 valence electrons. The largest absolute Gasteiger partial charge is 0.393 e. The van der Waals surface area contributed by atoms with Crippen LogP contribution in [0.5, 0.6) is 0 Å². The van der Waals surface area contributed by atoms with Crippen LogP contribution in [0.1, 0.15) is 25.8 Å². The Hall–Kier alpha value is -1.13. The second kappa shape index (κ2) is 7.34. The van der Waals surface area contributed by atoms with Crippen molar-refractivity contribution in [1.82, 2.24) is 5.32 Å². The van der Waals surface area contributed by atoms with E-state index in [2.05, 4.69) is 21.2 Å². The van der Waals surface area contributed by atoms with Gasteiger partial charge in [-0.1, -0.05) is 34.1 Å². The second-order valence-electron chi connectivity index (χ2n) is 4.35. The molecule has 0 aliphatic carbocycles. The van der Waals surface area contributed by atoms with Crippen LogP contribution in [-0.4, -0.2) is 23.2 Å². The molecule has 0 fully saturated rings. The maximum absolute atomic E-state index is 11.6. The van der Waals surface area contributed by atoms with E-state index in [0.29, 0.717) is 6.42 Å². The third-order valence-electron chi connectivity index (χ3n) is 2.40. The topological polar surface area (TPSA) is 49.3 Å². The highest BCUT2D eigenvalue weighted by Crippen LogP contribution is 2.16. The van der Waals surface area contributed by atoms with Crippen LogP contribution >= 0.6 is 15.9 Å². The van der Waals surface area contributed by atoms with Crippen molar-refractivity contribution in [2.24, 2.45) is 0 Å². The summed E-state index contributed by atoms with van der Waals surface area (Å²) in [6.45, 7) is 3.58. The average Bonchev–Trinajstić information content (AvgIpc) is 2.26. The van der Waals surface area contributed by atoms with E-state index in [1.54, 1.807) is 13.0 Å². The van der Waals surface area contributed by atoms with Crippen molar-refractivity contribution < 1.29 is 9.90 Å². The quantitative estimate of drug-likeness (QED) is 0.821. The first-order valence-electron chi connectivity index (χ1n) is 5.90. The number of hydrogen-bond acceptors (Lipinski definition) is 2. The second-order valence-corrected chi connectivity index (χ2v) is 5.20. The van der Waals surface area contributed by atoms with Crippen LogP contribution in [-0.2, 0) is 4.79 Å². The lowest BCUT2D eigenvalue weighted by molar-refractivity contribution is -0.117. The minimum absolute atomic E-state index is 0.0404. The number of hydrogen-bond donors (Lipinski definition) is 2. The van der Waals surface area contributed by atoms with Crippen molar-refractivity contribution in [3.8, 4) is 0 Å². The standard InChI is InChI=1S/C14H18BrNO2/c1-10(9-11(2)17)16-14(18)8-7-12-5-3-4-6-13(12)15/h3-8,10-11,17H,9H2,1-2H3,(H,16,18)/b8-7+. The van der Waals surface area contributed by atoms with Crippen LogP contribution < -0.4 is 5.32 Å². The minimum Gasteiger partial charge on any atom is -0.393 e. The van der Waals surface area contributed by atoms with Gasteiger partial charge in [-0.15, -0.1) is 0 Å². The summed E-state index contributed by atoms with van der Waals surface area (Å²) in [5.41, 5.74) is 0.954. The number of aliphatic hydroxyl groups is 1. The van der Waals surface area contributed by atoms with E-state index >= 15 is 0 Å². The predicted octanol–water partition coefficient (Wildman–Crippen LogP) is 2.74. The summed E-state index contributed by atoms with van der Waals surface area (Å²) < 4.78 is 0.950. The highest BCUT2D eigenvalue weighted by molar-refractivity contribution is 9.10. The van der Waals surface area contributed by atoms with Gasteiger partial charge in [0.2, 0.25) is 5.91 Å². The maximum Gasteiger partial charge on any atom is 0.244 e. The van der Waals surface area contributed by atoms with Gasteiger partial charge in [0.25, 0.3) is 0 Å². The van der Waals surface area contributed by atoms with Crippen molar-refractivity contribution in [3.05, 3.63) is 40.4 Å². The van der Waals surface area contributed by atoms with E-state index in [4.69, 9.17) is 0 Å². The number of aliphatic hydroxyl groups excluding tert-OH is 1. The summed E-state index contributed by atoms with van der Waals surface area (Å²) in [7, 11) is 0. The minimum atomic E-state index is -0.410. The number of carbonyl (C=O) groups excluding carboxylic acids is 1. The van der Waals surface area contributed by atoms with Crippen LogP contribution in [0.2, 0.25) is 0 Å². The molecule has 0 saturated heterocycles. The zero-order valence-electron chi connectivity index (χ0n) is 10.6. The van der Waals surface area contributed by atoms with Gasteiger partial charge in [-0.25, -0.2) is 0 Å². The van der Waals surface area contributed by atoms with Gasteiger partial charge < -0.3 is 10.4 Å². The first kappa shape index (κ1) is 14.9. The normalized spacial score (nSPS) is 14.4. The SMILES string of the molecule is CC(O)CC(C)NC(=O)/C=C/c1ccccc1Br. The van der Waals surface area contributed by atoms with Crippen LogP contribution in [0.4, 0.5) is 0 Å². The van der Waals surface area contributed by atoms with Crippen molar-refractivity contribution in [3.63, 3.8) is 0 Å². The Morgan fingerprint density at radius 1 is 1.44 bits per heavy atom. The predicted molar refractivity (Wildman–Crippen MR) is 77.1 cm³/mol. The van der Waals surface area contributed by atoms with Gasteiger partial charge in [0, 0.05) is 16.6 Å². The van der Waals surface area contributed by atoms with Crippen molar-refractivity contribution in [2.75, 3.05) is 0 Å². The summed E-state index contributed by atoms with van der Waals surface area (Å²) in [6, 6.07) is 7.65. The summed E-state index contributed by atoms with van der Waals surface area (Å²) in [5, 5.41) is 12.0. The number of rotatable bonds is 5. The Labute approximate surface area is 116 Å². The number of benzene rings is 1. The molecule has 1 rings (SSSR count). The highest BCUT2D eigenvalue weighted by atomic mass is 79.9. The molecule has 0 aromatic heterocycles. The summed E-state index contributed by atoms with van der Waals surface area (Å²) >= 11 is 3.41. The number of amides is 1. The van der Waals surface area contributed by atoms with Gasteiger partial charge in [0.15, 0.2) is 0 Å². The van der Waals surface area contributed by atoms with Crippen LogP contribution in [0, 0.1) is 0 Å². The molecule has 0 heterocycles. The fraction of sp³-hybridized carbons (Fsp3) is 0.357. The lowest BCUT2D eigenvalue weighted by Crippen LogP contribution is -2.33. The Morgan fingerprint density at radius 3 is 2.72 bits per heavy atom. The smallest absolute Gasteiger partial charge is 0.244 e. The van der Waals surface area contributed by atoms with Crippen molar-refractivity contribution >= 4 is 27.9 Å². The number of halogens is 1. The molecule has 18 heavy (non-hydrogen) atoms. The Kier molecular flexibility index (Phi) is 6.09. The fourth-order valence-corrected chi connectivity index (χ4v) is 2.05. The zero-order valence-corrected chi connectivity index (χ0v) is 12.1. The molecule has 1 aromatic carbocycles. The molecule has 0 saturated carbocycles. The fourth-order valence-electron chi connectivity index (χ4n) is 1.64. The van der Waals surface area contributed by atoms with E-state index in [0.717, 1.165) is 10.0 Å². The van der Waals surface area contributed by atoms with Gasteiger partial charge in [-0.2, -0.15) is 0 Å². The van der Waals surface area contributed by atoms with Crippen LogP contribution in [0.25, 0.3) is 6.08 Å². The van der Waals surface area contributed by atoms with Crippen LogP contribution in [0.3, 0.4) is 0 Å². The maximum atomic E-state index is 11.6. The lowest BCUT2D eigenvalue weighted by Gasteiger charge is -2.13. The first-order valence-corrected chi connectivity index (χ1v) is 6.69. The van der Waals surface area contributed by atoms with Gasteiger partial charge >= 0.3 is 0 Å². The summed E-state index contributed by atoms with van der Waals surface area (Å²) in [4.78, 5) is 11.6. The summed E-state index contributed by atoms with van der Waals surface area (Å²) in [5.74, 6) is -0.154. The lowest BCUT2D eigenvalue weighted by atomic mass is 10.1. The molecular weight excluding hydrogens is 294 g/mol. The molecule has 0 radical (unpaired) electrons. The molecule has 0 aliphatic rings. The van der Waals surface area contributed by atoms with E-state index in [1.165, 1.54) is 6.08 Å². The van der Waals surface area contributed by atoms with Crippen molar-refractivity contribution in [2.45, 2.75) is 32.4 Å². The molecule has 3 nitrogen and oxygen atoms in total. The van der Waals surface area contributed by atoms with Gasteiger partial charge in [0.1, 0.15) is 0 Å². The molecule has 0 bridgehead atoms. The van der Waals surface area contributed by atoms with E-state index in [1.807, 2.05) is 31.2 Å². The highest BCUT2D eigenvalue weighted by Gasteiger charge is 2.07. The Balaban J connectivity index is 2.52. The molecular formula is C14H18BrNO2. The van der Waals surface area contributed by atoms with E-state index < -0.39 is 6.10 Å². The molecule has 2 unspecified atom stereocenters. The van der Waals surface area contributed by atoms with E-state index in [-0.39, 0.29) is 11.9 Å². The van der Waals surface area contributed by atoms with Gasteiger partial charge in [-0.05, 0) is 38.0 Å². The third-order valence-corrected chi connectivity index (χ3v) is 3.12. The molecule has 4 heteroatoms. The Bertz CT molecular complexity index is 430. The molecule has 0 spiro atoms. The van der Waals surface area contributed by atoms with E-state index in [9.17, 15) is 9.90 Å². The number of carbonyl (C=O) groups is 1. The molecule has 2 N–H and O–H groups in total. The molecule has 0 aliphatic heterocycles. The van der Waals surface area contributed by atoms with Gasteiger partial charge in [-0.3, -0.25) is 4.79 Å². The molecule has 1 amide bonds. The molecule has 1 aromatic rings.